The van der Waals surface area contributed by atoms with Crippen molar-refractivity contribution >= 4 is 22.3 Å². The number of hydrogen-bond acceptors (Lipinski definition) is 2. The fraction of sp³-hybridized carbons (Fsp3) is 0.286. The first-order valence-electron chi connectivity index (χ1n) is 3.10. The summed E-state index contributed by atoms with van der Waals surface area (Å²) in [6, 6.07) is 1.79. The number of pyridine rings is 1. The Morgan fingerprint density at radius 2 is 2.27 bits per heavy atom. The van der Waals surface area contributed by atoms with Crippen LogP contribution in [-0.4, -0.2) is 11.2 Å². The summed E-state index contributed by atoms with van der Waals surface area (Å²) in [6.07, 6.45) is 3.52. The summed E-state index contributed by atoms with van der Waals surface area (Å²) in [4.78, 5) is 4.88. The SMILES string of the molecule is Cc1cc(Cl)ncc1S(C)=N. The van der Waals surface area contributed by atoms with E-state index < -0.39 is 10.7 Å². The number of nitrogens with zero attached hydrogens (tertiary/aromatic N) is 1. The van der Waals surface area contributed by atoms with E-state index in [0.717, 1.165) is 10.5 Å². The molecule has 0 aromatic carbocycles. The summed E-state index contributed by atoms with van der Waals surface area (Å²) in [5, 5.41) is 0.497. The van der Waals surface area contributed by atoms with Crippen LogP contribution in [0.15, 0.2) is 17.2 Å². The summed E-state index contributed by atoms with van der Waals surface area (Å²) < 4.78 is 7.47. The zero-order chi connectivity index (χ0) is 8.43. The molecule has 2 nitrogen and oxygen atoms in total. The zero-order valence-corrected chi connectivity index (χ0v) is 7.96. The van der Waals surface area contributed by atoms with Crippen LogP contribution in [0.25, 0.3) is 0 Å². The second kappa shape index (κ2) is 3.32. The molecule has 0 saturated carbocycles. The molecule has 0 aliphatic heterocycles. The molecule has 1 aromatic rings. The molecule has 1 N–H and O–H groups in total. The summed E-state index contributed by atoms with van der Waals surface area (Å²) in [5.74, 6) is 0. The highest BCUT2D eigenvalue weighted by atomic mass is 35.5. The molecule has 0 bridgehead atoms. The predicted molar refractivity (Wildman–Crippen MR) is 48.3 cm³/mol. The number of nitrogens with one attached hydrogen (secondary N) is 1. The van der Waals surface area contributed by atoms with Crippen LogP contribution < -0.4 is 0 Å². The molecular weight excluding hydrogens is 180 g/mol. The highest BCUT2D eigenvalue weighted by Crippen LogP contribution is 2.14. The molecule has 11 heavy (non-hydrogen) atoms. The summed E-state index contributed by atoms with van der Waals surface area (Å²) in [6.45, 7) is 1.95. The Kier molecular flexibility index (Phi) is 2.62. The normalized spacial score (nSPS) is 13.0. The third-order valence-electron chi connectivity index (χ3n) is 1.36. The van der Waals surface area contributed by atoms with Gasteiger partial charge in [0.05, 0.1) is 0 Å². The first-order valence-corrected chi connectivity index (χ1v) is 5.11. The van der Waals surface area contributed by atoms with Gasteiger partial charge in [-0.2, -0.15) is 0 Å². The first kappa shape index (κ1) is 8.68. The van der Waals surface area contributed by atoms with E-state index in [1.165, 1.54) is 0 Å². The average molecular weight is 189 g/mol. The van der Waals surface area contributed by atoms with E-state index >= 15 is 0 Å². The van der Waals surface area contributed by atoms with Gasteiger partial charge >= 0.3 is 0 Å². The van der Waals surface area contributed by atoms with Crippen LogP contribution in [0, 0.1) is 11.7 Å². The van der Waals surface area contributed by atoms with Crippen molar-refractivity contribution < 1.29 is 0 Å². The molecule has 4 heteroatoms. The predicted octanol–water partition coefficient (Wildman–Crippen LogP) is 2.41. The van der Waals surface area contributed by atoms with E-state index in [0.29, 0.717) is 5.15 Å². The van der Waals surface area contributed by atoms with Crippen molar-refractivity contribution in [3.05, 3.63) is 23.0 Å². The Bertz CT molecular complexity index is 298. The third kappa shape index (κ3) is 2.01. The van der Waals surface area contributed by atoms with E-state index in [9.17, 15) is 0 Å². The van der Waals surface area contributed by atoms with Crippen LogP contribution in [0.1, 0.15) is 5.56 Å². The number of aryl methyl sites for hydroxylation is 1. The van der Waals surface area contributed by atoms with Crippen molar-refractivity contribution in [3.63, 3.8) is 0 Å². The lowest BCUT2D eigenvalue weighted by atomic mass is 10.3. The van der Waals surface area contributed by atoms with Crippen LogP contribution in [-0.2, 0) is 10.7 Å². The Morgan fingerprint density at radius 1 is 1.64 bits per heavy atom. The van der Waals surface area contributed by atoms with Gasteiger partial charge in [0.25, 0.3) is 0 Å². The van der Waals surface area contributed by atoms with E-state index in [4.69, 9.17) is 16.4 Å². The van der Waals surface area contributed by atoms with Crippen LogP contribution >= 0.6 is 11.6 Å². The van der Waals surface area contributed by atoms with Crippen LogP contribution in [0.2, 0.25) is 5.15 Å². The van der Waals surface area contributed by atoms with Crippen LogP contribution in [0.4, 0.5) is 0 Å². The molecule has 0 amide bonds. The molecule has 60 valence electrons. The summed E-state index contributed by atoms with van der Waals surface area (Å²) in [5.41, 5.74) is 1.05. The smallest absolute Gasteiger partial charge is 0.129 e. The van der Waals surface area contributed by atoms with Crippen molar-refractivity contribution in [2.45, 2.75) is 11.8 Å². The summed E-state index contributed by atoms with van der Waals surface area (Å²) >= 11 is 5.65. The van der Waals surface area contributed by atoms with Crippen LogP contribution in [0.3, 0.4) is 0 Å². The van der Waals surface area contributed by atoms with Gasteiger partial charge in [0, 0.05) is 11.1 Å². The van der Waals surface area contributed by atoms with Gasteiger partial charge in [0.1, 0.15) is 5.15 Å². The molecule has 1 unspecified atom stereocenters. The lowest BCUT2D eigenvalue weighted by Crippen LogP contribution is -1.91. The second-order valence-corrected chi connectivity index (χ2v) is 4.13. The number of halogens is 1. The number of aromatic nitrogens is 1. The Hall–Kier alpha value is -0.410. The average Bonchev–Trinajstić information content (AvgIpc) is 1.85. The molecule has 0 radical (unpaired) electrons. The largest absolute Gasteiger partial charge is 0.276 e. The van der Waals surface area contributed by atoms with Gasteiger partial charge < -0.3 is 0 Å². The fourth-order valence-corrected chi connectivity index (χ4v) is 1.79. The van der Waals surface area contributed by atoms with Crippen molar-refractivity contribution in [3.8, 4) is 0 Å². The van der Waals surface area contributed by atoms with E-state index in [1.54, 1.807) is 12.3 Å². The fourth-order valence-electron chi connectivity index (χ4n) is 0.830. The van der Waals surface area contributed by atoms with E-state index in [-0.39, 0.29) is 0 Å². The topological polar surface area (TPSA) is 36.7 Å². The second-order valence-electron chi connectivity index (χ2n) is 2.28. The Morgan fingerprint density at radius 3 is 2.73 bits per heavy atom. The molecule has 1 rings (SSSR count). The van der Waals surface area contributed by atoms with Gasteiger partial charge in [-0.05, 0) is 24.8 Å². The molecule has 0 fully saturated rings. The lowest BCUT2D eigenvalue weighted by molar-refractivity contribution is 1.17. The van der Waals surface area contributed by atoms with Crippen molar-refractivity contribution in [2.24, 2.45) is 0 Å². The van der Waals surface area contributed by atoms with Gasteiger partial charge in [0.2, 0.25) is 0 Å². The maximum Gasteiger partial charge on any atom is 0.129 e. The minimum atomic E-state index is -0.470. The molecule has 1 heterocycles. The quantitative estimate of drug-likeness (QED) is 0.676. The summed E-state index contributed by atoms with van der Waals surface area (Å²) in [7, 11) is -0.470. The van der Waals surface area contributed by atoms with Crippen molar-refractivity contribution in [1.82, 2.24) is 4.98 Å². The molecule has 0 aliphatic carbocycles. The third-order valence-corrected chi connectivity index (χ3v) is 2.65. The van der Waals surface area contributed by atoms with Gasteiger partial charge in [-0.25, -0.2) is 4.98 Å². The van der Waals surface area contributed by atoms with E-state index in [2.05, 4.69) is 4.98 Å². The maximum absolute atomic E-state index is 7.47. The molecule has 0 aliphatic rings. The van der Waals surface area contributed by atoms with Gasteiger partial charge in [-0.1, -0.05) is 22.3 Å². The Balaban J connectivity index is 3.20. The molecular formula is C7H9ClN2S. The maximum atomic E-state index is 7.47. The highest BCUT2D eigenvalue weighted by molar-refractivity contribution is 7.85. The molecule has 1 atom stereocenters. The van der Waals surface area contributed by atoms with Crippen molar-refractivity contribution in [1.29, 1.82) is 4.78 Å². The molecule has 1 aromatic heterocycles. The van der Waals surface area contributed by atoms with Gasteiger partial charge in [-0.15, -0.1) is 0 Å². The monoisotopic (exact) mass is 188 g/mol. The zero-order valence-electron chi connectivity index (χ0n) is 6.39. The minimum Gasteiger partial charge on any atom is -0.276 e. The molecule has 0 saturated heterocycles. The van der Waals surface area contributed by atoms with E-state index in [1.807, 2.05) is 13.2 Å². The first-order chi connectivity index (χ1) is 5.11. The number of rotatable bonds is 1. The number of hydrogen-bond donors (Lipinski definition) is 1. The molecule has 0 spiro atoms. The highest BCUT2D eigenvalue weighted by Gasteiger charge is 1.99. The van der Waals surface area contributed by atoms with Gasteiger partial charge in [0.15, 0.2) is 0 Å². The standard InChI is InChI=1S/C7H9ClN2S/c1-5-3-7(8)10-4-6(5)11(2)9/h3-4,9H,1-2H3. The van der Waals surface area contributed by atoms with Crippen LogP contribution in [0.5, 0.6) is 0 Å². The minimum absolute atomic E-state index is 0.470. The van der Waals surface area contributed by atoms with Gasteiger partial charge in [-0.3, -0.25) is 4.78 Å². The lowest BCUT2D eigenvalue weighted by Gasteiger charge is -2.02. The Labute approximate surface area is 73.5 Å². The van der Waals surface area contributed by atoms with Crippen molar-refractivity contribution in [2.75, 3.05) is 6.26 Å².